The summed E-state index contributed by atoms with van der Waals surface area (Å²) in [5.74, 6) is 0. The van der Waals surface area contributed by atoms with Crippen LogP contribution in [0.1, 0.15) is 5.56 Å². The number of rotatable bonds is 0. The number of hydrogen-bond donors (Lipinski definition) is 0. The van der Waals surface area contributed by atoms with Gasteiger partial charge in [0.05, 0.1) is 0 Å². The summed E-state index contributed by atoms with van der Waals surface area (Å²) in [4.78, 5) is 0. The second-order valence-corrected chi connectivity index (χ2v) is 1.49. The van der Waals surface area contributed by atoms with E-state index in [0.29, 0.717) is 0 Å². The summed E-state index contributed by atoms with van der Waals surface area (Å²) >= 11 is 0. The molecule has 0 aliphatic rings. The Morgan fingerprint density at radius 2 is 1.50 bits per heavy atom. The van der Waals surface area contributed by atoms with Crippen molar-refractivity contribution >= 4 is 0 Å². The van der Waals surface area contributed by atoms with Gasteiger partial charge in [-0.1, -0.05) is 6.07 Å². The van der Waals surface area contributed by atoms with Gasteiger partial charge in [0.25, 0.3) is 0 Å². The van der Waals surface area contributed by atoms with Gasteiger partial charge >= 0.3 is 0 Å². The van der Waals surface area contributed by atoms with E-state index in [0.717, 1.165) is 5.56 Å². The van der Waals surface area contributed by atoms with E-state index in [-0.39, 0.29) is 19.5 Å². The minimum Gasteiger partial charge on any atom is -0.199 e. The molecule has 1 rings (SSSR count). The van der Waals surface area contributed by atoms with Gasteiger partial charge in [-0.2, -0.15) is 24.6 Å². The van der Waals surface area contributed by atoms with Crippen molar-refractivity contribution in [2.24, 2.45) is 0 Å². The monoisotopic (exact) mass is 194 g/mol. The summed E-state index contributed by atoms with van der Waals surface area (Å²) in [5.41, 5.74) is 1.07. The molecule has 0 nitrogen and oxygen atoms in total. The van der Waals surface area contributed by atoms with Gasteiger partial charge < -0.3 is 0 Å². The molecule has 0 amide bonds. The van der Waals surface area contributed by atoms with Gasteiger partial charge in [-0.15, -0.1) is 12.1 Å². The predicted octanol–water partition coefficient (Wildman–Crippen LogP) is 1.87. The Labute approximate surface area is 62.7 Å². The minimum atomic E-state index is 0. The molecule has 0 aromatic heterocycles. The molecule has 1 aromatic rings. The van der Waals surface area contributed by atoms with E-state index < -0.39 is 0 Å². The van der Waals surface area contributed by atoms with E-state index in [1.165, 1.54) is 0 Å². The Bertz CT molecular complexity index is 134. The average molecular weight is 194 g/mol. The molecule has 1 heteroatoms. The molecule has 8 heavy (non-hydrogen) atoms. The van der Waals surface area contributed by atoms with Crippen LogP contribution in [0.4, 0.5) is 0 Å². The molecule has 0 heterocycles. The zero-order chi connectivity index (χ0) is 5.11. The maximum atomic E-state index is 3.72. The van der Waals surface area contributed by atoms with Gasteiger partial charge in [0.2, 0.25) is 0 Å². The Hall–Kier alpha value is -0.287. The van der Waals surface area contributed by atoms with Crippen LogP contribution in [0, 0.1) is 6.92 Å². The van der Waals surface area contributed by atoms with Crippen molar-refractivity contribution in [2.45, 2.75) is 0 Å². The van der Waals surface area contributed by atoms with Crippen LogP contribution in [-0.2, 0) is 19.5 Å². The first-order valence-corrected chi connectivity index (χ1v) is 2.26. The van der Waals surface area contributed by atoms with E-state index >= 15 is 0 Å². The first-order valence-electron chi connectivity index (χ1n) is 2.26. The molecule has 0 saturated heterocycles. The van der Waals surface area contributed by atoms with E-state index in [9.17, 15) is 0 Å². The van der Waals surface area contributed by atoms with Crippen molar-refractivity contribution < 1.29 is 19.5 Å². The zero-order valence-electron chi connectivity index (χ0n) is 4.43. The number of hydrogen-bond acceptors (Lipinski definition) is 0. The summed E-state index contributed by atoms with van der Waals surface area (Å²) in [5, 5.41) is 0. The van der Waals surface area contributed by atoms with Crippen LogP contribution < -0.4 is 0 Å². The molecule has 0 atom stereocenters. The van der Waals surface area contributed by atoms with Crippen LogP contribution in [0.25, 0.3) is 0 Å². The predicted molar refractivity (Wildman–Crippen MR) is 30.9 cm³/mol. The molecular formula is C7H7Rh-. The molecule has 0 unspecified atom stereocenters. The van der Waals surface area contributed by atoms with Crippen molar-refractivity contribution in [1.82, 2.24) is 0 Å². The third-order valence-corrected chi connectivity index (χ3v) is 0.843. The van der Waals surface area contributed by atoms with Crippen LogP contribution in [0.3, 0.4) is 0 Å². The van der Waals surface area contributed by atoms with Crippen LogP contribution in [-0.4, -0.2) is 0 Å². The first kappa shape index (κ1) is 7.71. The van der Waals surface area contributed by atoms with Gasteiger partial charge in [-0.05, 0) is 0 Å². The molecule has 0 aliphatic heterocycles. The van der Waals surface area contributed by atoms with Crippen molar-refractivity contribution in [3.8, 4) is 0 Å². The summed E-state index contributed by atoms with van der Waals surface area (Å²) in [6.07, 6.45) is 0. The minimum absolute atomic E-state index is 0. The fraction of sp³-hybridized carbons (Fsp3) is 0. The van der Waals surface area contributed by atoms with Crippen molar-refractivity contribution in [1.29, 1.82) is 0 Å². The van der Waals surface area contributed by atoms with Crippen molar-refractivity contribution in [2.75, 3.05) is 0 Å². The molecular weight excluding hydrogens is 187 g/mol. The Balaban J connectivity index is 0.000000490. The van der Waals surface area contributed by atoms with E-state index in [2.05, 4.69) is 6.92 Å². The number of benzene rings is 1. The SMILES string of the molecule is [CH2-]c1ccccc1.[Rh]. The Morgan fingerprint density at radius 3 is 1.75 bits per heavy atom. The largest absolute Gasteiger partial charge is 0.199 e. The second-order valence-electron chi connectivity index (χ2n) is 1.49. The fourth-order valence-electron chi connectivity index (χ4n) is 0.478. The smallest absolute Gasteiger partial charge is 0 e. The van der Waals surface area contributed by atoms with Crippen molar-refractivity contribution in [3.63, 3.8) is 0 Å². The van der Waals surface area contributed by atoms with E-state index in [4.69, 9.17) is 0 Å². The third kappa shape index (κ3) is 2.13. The van der Waals surface area contributed by atoms with E-state index in [1.807, 2.05) is 30.3 Å². The zero-order valence-corrected chi connectivity index (χ0v) is 6.07. The molecule has 0 aliphatic carbocycles. The summed E-state index contributed by atoms with van der Waals surface area (Å²) < 4.78 is 0. The molecule has 1 radical (unpaired) electrons. The summed E-state index contributed by atoms with van der Waals surface area (Å²) in [6, 6.07) is 9.87. The van der Waals surface area contributed by atoms with Crippen LogP contribution in [0.2, 0.25) is 0 Å². The van der Waals surface area contributed by atoms with Gasteiger partial charge in [0.15, 0.2) is 0 Å². The Kier molecular flexibility index (Phi) is 3.55. The molecule has 0 saturated carbocycles. The molecule has 0 fully saturated rings. The summed E-state index contributed by atoms with van der Waals surface area (Å²) in [7, 11) is 0. The van der Waals surface area contributed by atoms with E-state index in [1.54, 1.807) is 0 Å². The fourth-order valence-corrected chi connectivity index (χ4v) is 0.478. The maximum Gasteiger partial charge on any atom is 0 e. The standard InChI is InChI=1S/C7H7.Rh/c1-7-5-3-2-4-6-7;/h2-6H,1H2;/q-1;. The van der Waals surface area contributed by atoms with Gasteiger partial charge in [-0.3, -0.25) is 0 Å². The van der Waals surface area contributed by atoms with Gasteiger partial charge in [0.1, 0.15) is 0 Å². The molecule has 0 spiro atoms. The van der Waals surface area contributed by atoms with Gasteiger partial charge in [0, 0.05) is 19.5 Å². The summed E-state index contributed by atoms with van der Waals surface area (Å²) in [6.45, 7) is 3.72. The average Bonchev–Trinajstić information content (AvgIpc) is 1.69. The molecule has 1 aromatic carbocycles. The molecule has 45 valence electrons. The van der Waals surface area contributed by atoms with Gasteiger partial charge in [-0.25, -0.2) is 0 Å². The Morgan fingerprint density at radius 1 is 1.00 bits per heavy atom. The van der Waals surface area contributed by atoms with Crippen LogP contribution in [0.15, 0.2) is 30.3 Å². The van der Waals surface area contributed by atoms with Crippen LogP contribution in [0.5, 0.6) is 0 Å². The van der Waals surface area contributed by atoms with Crippen molar-refractivity contribution in [3.05, 3.63) is 42.8 Å². The van der Waals surface area contributed by atoms with Crippen LogP contribution >= 0.6 is 0 Å². The maximum absolute atomic E-state index is 3.72. The quantitative estimate of drug-likeness (QED) is 0.436. The normalized spacial score (nSPS) is 7.50. The first-order chi connectivity index (χ1) is 3.39. The topological polar surface area (TPSA) is 0 Å². The molecule has 0 bridgehead atoms. The molecule has 0 N–H and O–H groups in total. The third-order valence-electron chi connectivity index (χ3n) is 0.843. The second kappa shape index (κ2) is 3.68.